The number of rotatable bonds is 5. The van der Waals surface area contributed by atoms with Gasteiger partial charge in [-0.2, -0.15) is 0 Å². The smallest absolute Gasteiger partial charge is 0.0914 e. The number of hydrogen-bond acceptors (Lipinski definition) is 3. The molecule has 0 saturated heterocycles. The van der Waals surface area contributed by atoms with E-state index >= 15 is 0 Å². The standard InChI is InChI=1S/C14H16ClNOS/c1-10(14-3-2-8-18-14)16-9-13(17)11-4-6-12(15)7-5-11/h2-8,10,13,16-17H,9H2,1H3/t10-,13?/m1/s1. The summed E-state index contributed by atoms with van der Waals surface area (Å²) in [5.41, 5.74) is 0.880. The molecule has 0 amide bonds. The van der Waals surface area contributed by atoms with Crippen LogP contribution >= 0.6 is 22.9 Å². The highest BCUT2D eigenvalue weighted by Crippen LogP contribution is 2.20. The van der Waals surface area contributed by atoms with Gasteiger partial charge in [0, 0.05) is 22.5 Å². The number of hydrogen-bond donors (Lipinski definition) is 2. The second-order valence-electron chi connectivity index (χ2n) is 4.21. The number of aliphatic hydroxyl groups is 1. The van der Waals surface area contributed by atoms with E-state index < -0.39 is 6.10 Å². The van der Waals surface area contributed by atoms with E-state index in [1.807, 2.05) is 18.2 Å². The maximum absolute atomic E-state index is 10.1. The minimum atomic E-state index is -0.510. The van der Waals surface area contributed by atoms with E-state index in [0.29, 0.717) is 11.6 Å². The lowest BCUT2D eigenvalue weighted by Crippen LogP contribution is -2.24. The Morgan fingerprint density at radius 3 is 2.61 bits per heavy atom. The first kappa shape index (κ1) is 13.6. The summed E-state index contributed by atoms with van der Waals surface area (Å²) in [6.45, 7) is 2.63. The summed E-state index contributed by atoms with van der Waals surface area (Å²) >= 11 is 7.53. The van der Waals surface area contributed by atoms with E-state index in [4.69, 9.17) is 11.6 Å². The largest absolute Gasteiger partial charge is 0.387 e. The van der Waals surface area contributed by atoms with Crippen molar-refractivity contribution in [2.45, 2.75) is 19.1 Å². The molecule has 1 heterocycles. The lowest BCUT2D eigenvalue weighted by atomic mass is 10.1. The van der Waals surface area contributed by atoms with Crippen LogP contribution in [-0.4, -0.2) is 11.7 Å². The molecule has 0 saturated carbocycles. The molecule has 0 radical (unpaired) electrons. The first-order chi connectivity index (χ1) is 8.66. The fraction of sp³-hybridized carbons (Fsp3) is 0.286. The van der Waals surface area contributed by atoms with Gasteiger partial charge in [-0.15, -0.1) is 11.3 Å². The summed E-state index contributed by atoms with van der Waals surface area (Å²) < 4.78 is 0. The van der Waals surface area contributed by atoms with Crippen molar-refractivity contribution in [2.24, 2.45) is 0 Å². The van der Waals surface area contributed by atoms with Crippen LogP contribution < -0.4 is 5.32 Å². The zero-order chi connectivity index (χ0) is 13.0. The van der Waals surface area contributed by atoms with Crippen LogP contribution in [0.5, 0.6) is 0 Å². The Morgan fingerprint density at radius 2 is 2.00 bits per heavy atom. The summed E-state index contributed by atoms with van der Waals surface area (Å²) in [7, 11) is 0. The molecule has 0 aliphatic rings. The van der Waals surface area contributed by atoms with Crippen LogP contribution in [0.25, 0.3) is 0 Å². The average molecular weight is 282 g/mol. The zero-order valence-corrected chi connectivity index (χ0v) is 11.7. The molecule has 2 N–H and O–H groups in total. The number of nitrogens with one attached hydrogen (secondary N) is 1. The molecule has 96 valence electrons. The van der Waals surface area contributed by atoms with Gasteiger partial charge in [-0.3, -0.25) is 0 Å². The molecule has 2 atom stereocenters. The Balaban J connectivity index is 1.88. The molecule has 1 aromatic carbocycles. The van der Waals surface area contributed by atoms with Crippen molar-refractivity contribution in [2.75, 3.05) is 6.54 Å². The van der Waals surface area contributed by atoms with Crippen molar-refractivity contribution in [3.63, 3.8) is 0 Å². The lowest BCUT2D eigenvalue weighted by molar-refractivity contribution is 0.171. The molecule has 1 unspecified atom stereocenters. The fourth-order valence-corrected chi connectivity index (χ4v) is 2.61. The Kier molecular flexibility index (Phi) is 4.78. The van der Waals surface area contributed by atoms with Crippen molar-refractivity contribution in [3.05, 3.63) is 57.2 Å². The highest BCUT2D eigenvalue weighted by atomic mass is 35.5. The Labute approximate surface area is 116 Å². The van der Waals surface area contributed by atoms with Crippen LogP contribution in [0.3, 0.4) is 0 Å². The molecule has 0 aliphatic carbocycles. The molecule has 4 heteroatoms. The first-order valence-electron chi connectivity index (χ1n) is 5.87. The van der Waals surface area contributed by atoms with Gasteiger partial charge in [-0.25, -0.2) is 0 Å². The SMILES string of the molecule is C[C@@H](NCC(O)c1ccc(Cl)cc1)c1cccs1. The van der Waals surface area contributed by atoms with Crippen molar-refractivity contribution in [1.29, 1.82) is 0 Å². The van der Waals surface area contributed by atoms with Crippen LogP contribution in [0.1, 0.15) is 29.5 Å². The Hall–Kier alpha value is -0.870. The predicted octanol–water partition coefficient (Wildman–Crippen LogP) is 3.79. The normalized spacial score (nSPS) is 14.4. The van der Waals surface area contributed by atoms with E-state index in [1.165, 1.54) is 4.88 Å². The van der Waals surface area contributed by atoms with Gasteiger partial charge in [0.05, 0.1) is 6.10 Å². The van der Waals surface area contributed by atoms with E-state index in [9.17, 15) is 5.11 Å². The first-order valence-corrected chi connectivity index (χ1v) is 7.13. The van der Waals surface area contributed by atoms with Gasteiger partial charge in [0.1, 0.15) is 0 Å². The fourth-order valence-electron chi connectivity index (χ4n) is 1.73. The monoisotopic (exact) mass is 281 g/mol. The Bertz CT molecular complexity index is 469. The minimum absolute atomic E-state index is 0.256. The number of halogens is 1. The molecule has 2 nitrogen and oxygen atoms in total. The summed E-state index contributed by atoms with van der Waals surface area (Å²) in [6, 6.07) is 11.7. The van der Waals surface area contributed by atoms with Gasteiger partial charge in [0.25, 0.3) is 0 Å². The van der Waals surface area contributed by atoms with Crippen molar-refractivity contribution in [1.82, 2.24) is 5.32 Å². The van der Waals surface area contributed by atoms with E-state index in [-0.39, 0.29) is 6.04 Å². The van der Waals surface area contributed by atoms with Crippen LogP contribution in [0.4, 0.5) is 0 Å². The van der Waals surface area contributed by atoms with Gasteiger partial charge in [-0.1, -0.05) is 29.8 Å². The number of thiophene rings is 1. The Morgan fingerprint density at radius 1 is 1.28 bits per heavy atom. The van der Waals surface area contributed by atoms with Gasteiger partial charge < -0.3 is 10.4 Å². The van der Waals surface area contributed by atoms with E-state index in [1.54, 1.807) is 23.5 Å². The highest BCUT2D eigenvalue weighted by Gasteiger charge is 2.10. The third-order valence-electron chi connectivity index (χ3n) is 2.84. The van der Waals surface area contributed by atoms with Gasteiger partial charge in [0.2, 0.25) is 0 Å². The molecule has 2 rings (SSSR count). The maximum Gasteiger partial charge on any atom is 0.0914 e. The van der Waals surface area contributed by atoms with E-state index in [2.05, 4.69) is 23.7 Å². The van der Waals surface area contributed by atoms with Crippen LogP contribution in [0.2, 0.25) is 5.02 Å². The summed E-state index contributed by atoms with van der Waals surface area (Å²) in [5, 5.41) is 16.1. The third kappa shape index (κ3) is 3.56. The van der Waals surface area contributed by atoms with Crippen LogP contribution in [0, 0.1) is 0 Å². The summed E-state index contributed by atoms with van der Waals surface area (Å²) in [4.78, 5) is 1.28. The molecule has 18 heavy (non-hydrogen) atoms. The average Bonchev–Trinajstić information content (AvgIpc) is 2.90. The molecule has 0 fully saturated rings. The van der Waals surface area contributed by atoms with Crippen molar-refractivity contribution < 1.29 is 5.11 Å². The topological polar surface area (TPSA) is 32.3 Å². The maximum atomic E-state index is 10.1. The van der Waals surface area contributed by atoms with Crippen molar-refractivity contribution >= 4 is 22.9 Å². The van der Waals surface area contributed by atoms with Gasteiger partial charge in [-0.05, 0) is 36.1 Å². The highest BCUT2D eigenvalue weighted by molar-refractivity contribution is 7.10. The summed E-state index contributed by atoms with van der Waals surface area (Å²) in [6.07, 6.45) is -0.510. The van der Waals surface area contributed by atoms with Gasteiger partial charge in [0.15, 0.2) is 0 Å². The summed E-state index contributed by atoms with van der Waals surface area (Å²) in [5.74, 6) is 0. The zero-order valence-electron chi connectivity index (χ0n) is 10.1. The molecule has 0 aliphatic heterocycles. The molecule has 0 spiro atoms. The molecular weight excluding hydrogens is 266 g/mol. The quantitative estimate of drug-likeness (QED) is 0.874. The van der Waals surface area contributed by atoms with Crippen LogP contribution in [0.15, 0.2) is 41.8 Å². The molecular formula is C14H16ClNOS. The molecule has 2 aromatic rings. The van der Waals surface area contributed by atoms with Gasteiger partial charge >= 0.3 is 0 Å². The number of aliphatic hydroxyl groups excluding tert-OH is 1. The second kappa shape index (κ2) is 6.34. The molecule has 0 bridgehead atoms. The second-order valence-corrected chi connectivity index (χ2v) is 5.63. The predicted molar refractivity (Wildman–Crippen MR) is 77.1 cm³/mol. The number of benzene rings is 1. The van der Waals surface area contributed by atoms with Crippen molar-refractivity contribution in [3.8, 4) is 0 Å². The minimum Gasteiger partial charge on any atom is -0.387 e. The lowest BCUT2D eigenvalue weighted by Gasteiger charge is -2.16. The van der Waals surface area contributed by atoms with E-state index in [0.717, 1.165) is 5.56 Å². The third-order valence-corrected chi connectivity index (χ3v) is 4.15. The van der Waals surface area contributed by atoms with Crippen LogP contribution in [-0.2, 0) is 0 Å². The molecule has 1 aromatic heterocycles.